The molecule has 0 atom stereocenters. The summed E-state index contributed by atoms with van der Waals surface area (Å²) in [5, 5.41) is 3.43. The van der Waals surface area contributed by atoms with E-state index in [4.69, 9.17) is 13.9 Å². The molecule has 2 aromatic rings. The number of unbranched alkanes of at least 4 members (excludes halogenated alkanes) is 2. The number of ether oxygens (including phenoxy) is 2. The second-order valence-electron chi connectivity index (χ2n) is 7.17. The maximum absolute atomic E-state index is 11.9. The molecule has 27 heavy (non-hydrogen) atoms. The molecule has 1 amide bonds. The number of esters is 1. The predicted octanol–water partition coefficient (Wildman–Crippen LogP) is 3.78. The average Bonchev–Trinajstić information content (AvgIpc) is 2.56. The predicted molar refractivity (Wildman–Crippen MR) is 101 cm³/mol. The van der Waals surface area contributed by atoms with Crippen LogP contribution in [0.3, 0.4) is 0 Å². The van der Waals surface area contributed by atoms with E-state index in [1.54, 1.807) is 39.0 Å². The van der Waals surface area contributed by atoms with Crippen molar-refractivity contribution in [3.8, 4) is 5.75 Å². The molecular weight excluding hydrogens is 350 g/mol. The fourth-order valence-corrected chi connectivity index (χ4v) is 2.36. The quantitative estimate of drug-likeness (QED) is 0.342. The number of amides is 1. The first-order chi connectivity index (χ1) is 12.7. The lowest BCUT2D eigenvalue weighted by molar-refractivity contribution is -0.134. The molecule has 0 spiro atoms. The monoisotopic (exact) mass is 375 g/mol. The summed E-state index contributed by atoms with van der Waals surface area (Å²) in [7, 11) is 0. The summed E-state index contributed by atoms with van der Waals surface area (Å²) in [6.07, 6.45) is 2.00. The Morgan fingerprint density at radius 1 is 1.07 bits per heavy atom. The van der Waals surface area contributed by atoms with Crippen LogP contribution in [-0.4, -0.2) is 24.2 Å². The molecule has 0 fully saturated rings. The SMILES string of the molecule is CC(C)(C)OC(=O)NCCCCCC(=O)Oc1ccc2ccc(=O)oc2c1. The maximum Gasteiger partial charge on any atom is 0.407 e. The Kier molecular flexibility index (Phi) is 6.98. The minimum atomic E-state index is -0.515. The zero-order valence-electron chi connectivity index (χ0n) is 15.9. The summed E-state index contributed by atoms with van der Waals surface area (Å²) in [5.41, 5.74) is -0.592. The summed E-state index contributed by atoms with van der Waals surface area (Å²) in [6.45, 7) is 5.91. The number of hydrogen-bond acceptors (Lipinski definition) is 6. The first-order valence-electron chi connectivity index (χ1n) is 8.94. The third kappa shape index (κ3) is 7.52. The maximum atomic E-state index is 11.9. The van der Waals surface area contributed by atoms with Gasteiger partial charge >= 0.3 is 17.7 Å². The van der Waals surface area contributed by atoms with Gasteiger partial charge in [0.05, 0.1) is 0 Å². The fourth-order valence-electron chi connectivity index (χ4n) is 2.36. The van der Waals surface area contributed by atoms with Crippen LogP contribution in [0.1, 0.15) is 46.5 Å². The molecule has 0 aliphatic carbocycles. The molecule has 0 saturated heterocycles. The van der Waals surface area contributed by atoms with Gasteiger partial charge in [-0.1, -0.05) is 6.42 Å². The van der Waals surface area contributed by atoms with E-state index in [1.165, 1.54) is 12.1 Å². The lowest BCUT2D eigenvalue weighted by Gasteiger charge is -2.19. The van der Waals surface area contributed by atoms with Crippen LogP contribution < -0.4 is 15.7 Å². The van der Waals surface area contributed by atoms with E-state index in [0.29, 0.717) is 24.3 Å². The third-order valence-corrected chi connectivity index (χ3v) is 3.55. The van der Waals surface area contributed by atoms with Crippen LogP contribution in [0.4, 0.5) is 4.79 Å². The highest BCUT2D eigenvalue weighted by Crippen LogP contribution is 2.20. The molecule has 0 aliphatic rings. The Labute approximate surface area is 157 Å². The Morgan fingerprint density at radius 2 is 1.81 bits per heavy atom. The van der Waals surface area contributed by atoms with Crippen LogP contribution in [0.2, 0.25) is 0 Å². The summed E-state index contributed by atoms with van der Waals surface area (Å²) >= 11 is 0. The smallest absolute Gasteiger partial charge is 0.407 e. The Hall–Kier alpha value is -2.83. The molecule has 0 saturated carbocycles. The summed E-state index contributed by atoms with van der Waals surface area (Å²) in [6, 6.07) is 7.90. The van der Waals surface area contributed by atoms with E-state index >= 15 is 0 Å². The van der Waals surface area contributed by atoms with Gasteiger partial charge in [-0.05, 0) is 51.8 Å². The molecule has 1 heterocycles. The van der Waals surface area contributed by atoms with Crippen molar-refractivity contribution in [2.24, 2.45) is 0 Å². The van der Waals surface area contributed by atoms with E-state index in [-0.39, 0.29) is 12.4 Å². The minimum Gasteiger partial charge on any atom is -0.444 e. The van der Waals surface area contributed by atoms with Crippen LogP contribution in [0.25, 0.3) is 11.0 Å². The third-order valence-electron chi connectivity index (χ3n) is 3.55. The van der Waals surface area contributed by atoms with Gasteiger partial charge < -0.3 is 19.2 Å². The zero-order valence-corrected chi connectivity index (χ0v) is 15.9. The Morgan fingerprint density at radius 3 is 2.56 bits per heavy atom. The van der Waals surface area contributed by atoms with Crippen LogP contribution in [0.5, 0.6) is 5.75 Å². The average molecular weight is 375 g/mol. The Bertz CT molecular complexity index is 849. The number of alkyl carbamates (subject to hydrolysis) is 1. The molecule has 0 radical (unpaired) electrons. The van der Waals surface area contributed by atoms with Gasteiger partial charge in [-0.2, -0.15) is 0 Å². The van der Waals surface area contributed by atoms with Gasteiger partial charge in [-0.15, -0.1) is 0 Å². The van der Waals surface area contributed by atoms with Crippen molar-refractivity contribution in [2.45, 2.75) is 52.1 Å². The number of carbonyl (C=O) groups is 2. The summed E-state index contributed by atoms with van der Waals surface area (Å²) in [4.78, 5) is 34.6. The van der Waals surface area contributed by atoms with Crippen molar-refractivity contribution in [1.82, 2.24) is 5.32 Å². The van der Waals surface area contributed by atoms with E-state index < -0.39 is 17.3 Å². The van der Waals surface area contributed by atoms with Crippen molar-refractivity contribution in [2.75, 3.05) is 6.54 Å². The summed E-state index contributed by atoms with van der Waals surface area (Å²) in [5.74, 6) is -0.0128. The molecule has 1 N–H and O–H groups in total. The molecular formula is C20H25NO6. The lowest BCUT2D eigenvalue weighted by Crippen LogP contribution is -2.33. The molecule has 0 aliphatic heterocycles. The number of fused-ring (bicyclic) bond motifs is 1. The summed E-state index contributed by atoms with van der Waals surface area (Å²) < 4.78 is 15.5. The molecule has 0 bridgehead atoms. The number of hydrogen-bond donors (Lipinski definition) is 1. The van der Waals surface area contributed by atoms with Gasteiger partial charge in [-0.3, -0.25) is 4.79 Å². The van der Waals surface area contributed by atoms with Gasteiger partial charge in [0.2, 0.25) is 0 Å². The second-order valence-corrected chi connectivity index (χ2v) is 7.17. The van der Waals surface area contributed by atoms with Crippen LogP contribution in [0, 0.1) is 0 Å². The largest absolute Gasteiger partial charge is 0.444 e. The fraction of sp³-hybridized carbons (Fsp3) is 0.450. The first-order valence-corrected chi connectivity index (χ1v) is 8.94. The second kappa shape index (κ2) is 9.21. The molecule has 1 aromatic heterocycles. The highest BCUT2D eigenvalue weighted by Gasteiger charge is 2.15. The van der Waals surface area contributed by atoms with E-state index in [2.05, 4.69) is 5.32 Å². The number of rotatable bonds is 7. The highest BCUT2D eigenvalue weighted by atomic mass is 16.6. The van der Waals surface area contributed by atoms with Crippen LogP contribution >= 0.6 is 0 Å². The Balaban J connectivity index is 1.66. The van der Waals surface area contributed by atoms with E-state index in [1.807, 2.05) is 0 Å². The molecule has 2 rings (SSSR count). The van der Waals surface area contributed by atoms with E-state index in [0.717, 1.165) is 18.2 Å². The van der Waals surface area contributed by atoms with Crippen molar-refractivity contribution in [3.05, 3.63) is 40.8 Å². The standard InChI is InChI=1S/C20H25NO6/c1-20(2,3)27-19(24)21-12-6-4-5-7-17(22)25-15-10-8-14-9-11-18(23)26-16(14)13-15/h8-11,13H,4-7,12H2,1-3H3,(H,21,24). The van der Waals surface area contributed by atoms with Gasteiger partial charge in [-0.25, -0.2) is 9.59 Å². The number of carbonyl (C=O) groups excluding carboxylic acids is 2. The number of nitrogens with one attached hydrogen (secondary N) is 1. The first kappa shape index (κ1) is 20.5. The van der Waals surface area contributed by atoms with Gasteiger partial charge in [0, 0.05) is 30.5 Å². The van der Waals surface area contributed by atoms with Crippen molar-refractivity contribution in [3.63, 3.8) is 0 Å². The topological polar surface area (TPSA) is 94.8 Å². The normalized spacial score (nSPS) is 11.2. The number of benzene rings is 1. The molecule has 1 aromatic carbocycles. The van der Waals surface area contributed by atoms with Crippen molar-refractivity contribution in [1.29, 1.82) is 0 Å². The van der Waals surface area contributed by atoms with Gasteiger partial charge in [0.1, 0.15) is 16.9 Å². The minimum absolute atomic E-state index is 0.267. The van der Waals surface area contributed by atoms with Gasteiger partial charge in [0.15, 0.2) is 0 Å². The van der Waals surface area contributed by atoms with Gasteiger partial charge in [0.25, 0.3) is 0 Å². The molecule has 7 heteroatoms. The molecule has 0 unspecified atom stereocenters. The highest BCUT2D eigenvalue weighted by molar-refractivity contribution is 5.79. The van der Waals surface area contributed by atoms with Crippen LogP contribution in [-0.2, 0) is 9.53 Å². The lowest BCUT2D eigenvalue weighted by atomic mass is 10.2. The van der Waals surface area contributed by atoms with Crippen molar-refractivity contribution < 1.29 is 23.5 Å². The zero-order chi connectivity index (χ0) is 19.9. The molecule has 146 valence electrons. The van der Waals surface area contributed by atoms with E-state index in [9.17, 15) is 14.4 Å². The van der Waals surface area contributed by atoms with Crippen molar-refractivity contribution >= 4 is 23.0 Å². The van der Waals surface area contributed by atoms with Crippen LogP contribution in [0.15, 0.2) is 39.5 Å². The molecule has 7 nitrogen and oxygen atoms in total.